The normalized spacial score (nSPS) is 13.6. The minimum atomic E-state index is -0.286. The van der Waals surface area contributed by atoms with Crippen molar-refractivity contribution in [1.82, 2.24) is 19.9 Å². The summed E-state index contributed by atoms with van der Waals surface area (Å²) in [6.45, 7) is 1.14. The summed E-state index contributed by atoms with van der Waals surface area (Å²) in [6.07, 6.45) is 3.62. The molecule has 0 radical (unpaired) electrons. The fourth-order valence-corrected chi connectivity index (χ4v) is 2.66. The SMILES string of the molecule is Fc1cc(CCNc2ncnc3nc[nH]c23)c2c(c1)COCO2. The summed E-state index contributed by atoms with van der Waals surface area (Å²) in [5.74, 6) is 1.10. The van der Waals surface area contributed by atoms with Crippen molar-refractivity contribution < 1.29 is 13.9 Å². The predicted molar refractivity (Wildman–Crippen MR) is 80.6 cm³/mol. The van der Waals surface area contributed by atoms with E-state index in [1.165, 1.54) is 18.5 Å². The standard InChI is InChI=1S/C15H14FN5O2/c16-11-3-9(13-10(4-11)5-22-8-23-13)1-2-17-14-12-15(19-6-18-12)21-7-20-14/h3-4,6-7H,1-2,5,8H2,(H2,17,18,19,20,21). The van der Waals surface area contributed by atoms with Gasteiger partial charge in [-0.05, 0) is 24.1 Å². The molecule has 2 aromatic heterocycles. The summed E-state index contributed by atoms with van der Waals surface area (Å²) < 4.78 is 24.4. The zero-order chi connectivity index (χ0) is 15.6. The molecule has 0 saturated heterocycles. The lowest BCUT2D eigenvalue weighted by atomic mass is 10.1. The van der Waals surface area contributed by atoms with Crippen molar-refractivity contribution in [1.29, 1.82) is 0 Å². The number of hydrogen-bond donors (Lipinski definition) is 2. The molecular formula is C15H14FN5O2. The van der Waals surface area contributed by atoms with Crippen molar-refractivity contribution in [2.75, 3.05) is 18.7 Å². The van der Waals surface area contributed by atoms with E-state index < -0.39 is 0 Å². The maximum atomic E-state index is 13.7. The van der Waals surface area contributed by atoms with Gasteiger partial charge in [-0.3, -0.25) is 0 Å². The maximum Gasteiger partial charge on any atom is 0.189 e. The Labute approximate surface area is 130 Å². The first-order valence-corrected chi connectivity index (χ1v) is 7.21. The number of aromatic amines is 1. The number of H-pyrrole nitrogens is 1. The minimum absolute atomic E-state index is 0.194. The van der Waals surface area contributed by atoms with E-state index in [1.54, 1.807) is 6.33 Å². The summed E-state index contributed by atoms with van der Waals surface area (Å²) >= 11 is 0. The highest BCUT2D eigenvalue weighted by atomic mass is 19.1. The van der Waals surface area contributed by atoms with Gasteiger partial charge >= 0.3 is 0 Å². The number of hydrogen-bond acceptors (Lipinski definition) is 6. The highest BCUT2D eigenvalue weighted by Crippen LogP contribution is 2.29. The van der Waals surface area contributed by atoms with Gasteiger partial charge in [0.2, 0.25) is 0 Å². The van der Waals surface area contributed by atoms with Crippen molar-refractivity contribution in [2.24, 2.45) is 0 Å². The van der Waals surface area contributed by atoms with Gasteiger partial charge in [-0.25, -0.2) is 19.3 Å². The first kappa shape index (κ1) is 13.9. The third-order valence-electron chi connectivity index (χ3n) is 3.66. The number of aromatic nitrogens is 4. The molecule has 1 aromatic carbocycles. The number of nitrogens with zero attached hydrogens (tertiary/aromatic N) is 3. The van der Waals surface area contributed by atoms with Crippen molar-refractivity contribution in [3.05, 3.63) is 41.7 Å². The van der Waals surface area contributed by atoms with Crippen molar-refractivity contribution in [2.45, 2.75) is 13.0 Å². The zero-order valence-electron chi connectivity index (χ0n) is 12.2. The van der Waals surface area contributed by atoms with Crippen LogP contribution >= 0.6 is 0 Å². The number of nitrogens with one attached hydrogen (secondary N) is 2. The van der Waals surface area contributed by atoms with Crippen LogP contribution in [0.3, 0.4) is 0 Å². The summed E-state index contributed by atoms with van der Waals surface area (Å²) in [7, 11) is 0. The molecule has 0 unspecified atom stereocenters. The molecule has 8 heteroatoms. The van der Waals surface area contributed by atoms with Gasteiger partial charge in [-0.15, -0.1) is 0 Å². The fraction of sp³-hybridized carbons (Fsp3) is 0.267. The Morgan fingerprint density at radius 3 is 3.17 bits per heavy atom. The van der Waals surface area contributed by atoms with E-state index in [0.717, 1.165) is 16.6 Å². The molecule has 1 aliphatic heterocycles. The highest BCUT2D eigenvalue weighted by Gasteiger charge is 2.16. The molecule has 3 heterocycles. The first-order valence-electron chi connectivity index (χ1n) is 7.21. The van der Waals surface area contributed by atoms with Gasteiger partial charge in [0.1, 0.15) is 23.4 Å². The average molecular weight is 315 g/mol. The topological polar surface area (TPSA) is 85.0 Å². The number of imidazole rings is 1. The molecule has 23 heavy (non-hydrogen) atoms. The quantitative estimate of drug-likeness (QED) is 0.766. The molecule has 3 aromatic rings. The summed E-state index contributed by atoms with van der Waals surface area (Å²) in [5, 5.41) is 3.22. The molecular weight excluding hydrogens is 301 g/mol. The van der Waals surface area contributed by atoms with E-state index in [4.69, 9.17) is 9.47 Å². The van der Waals surface area contributed by atoms with E-state index in [1.807, 2.05) is 0 Å². The average Bonchev–Trinajstić information content (AvgIpc) is 3.04. The van der Waals surface area contributed by atoms with Crippen LogP contribution in [0.2, 0.25) is 0 Å². The van der Waals surface area contributed by atoms with Gasteiger partial charge < -0.3 is 19.8 Å². The van der Waals surface area contributed by atoms with Gasteiger partial charge in [0.15, 0.2) is 18.3 Å². The summed E-state index contributed by atoms with van der Waals surface area (Å²) in [6, 6.07) is 2.95. The minimum Gasteiger partial charge on any atom is -0.467 e. The summed E-state index contributed by atoms with van der Waals surface area (Å²) in [5.41, 5.74) is 2.90. The van der Waals surface area contributed by atoms with Gasteiger partial charge in [0.05, 0.1) is 12.9 Å². The van der Waals surface area contributed by atoms with Crippen LogP contribution in [0.1, 0.15) is 11.1 Å². The van der Waals surface area contributed by atoms with Gasteiger partial charge in [-0.1, -0.05) is 0 Å². The van der Waals surface area contributed by atoms with Gasteiger partial charge in [0.25, 0.3) is 0 Å². The molecule has 0 amide bonds. The van der Waals surface area contributed by atoms with Crippen LogP contribution in [-0.2, 0) is 17.8 Å². The Balaban J connectivity index is 1.51. The number of ether oxygens (including phenoxy) is 2. The third kappa shape index (κ3) is 2.68. The largest absolute Gasteiger partial charge is 0.467 e. The molecule has 7 nitrogen and oxygen atoms in total. The van der Waals surface area contributed by atoms with Crippen LogP contribution in [0, 0.1) is 5.82 Å². The smallest absolute Gasteiger partial charge is 0.189 e. The Hall–Kier alpha value is -2.74. The third-order valence-corrected chi connectivity index (χ3v) is 3.66. The molecule has 0 aliphatic carbocycles. The van der Waals surface area contributed by atoms with Gasteiger partial charge in [-0.2, -0.15) is 0 Å². The van der Waals surface area contributed by atoms with Crippen LogP contribution in [0.5, 0.6) is 5.75 Å². The lowest BCUT2D eigenvalue weighted by Crippen LogP contribution is -2.15. The second-order valence-corrected chi connectivity index (χ2v) is 5.16. The maximum absolute atomic E-state index is 13.7. The molecule has 0 fully saturated rings. The Morgan fingerprint density at radius 1 is 1.26 bits per heavy atom. The van der Waals surface area contributed by atoms with Crippen LogP contribution in [0.4, 0.5) is 10.2 Å². The number of halogens is 1. The fourth-order valence-electron chi connectivity index (χ4n) is 2.66. The number of anilines is 1. The van der Waals surface area contributed by atoms with Gasteiger partial charge in [0, 0.05) is 12.1 Å². The van der Waals surface area contributed by atoms with Crippen molar-refractivity contribution >= 4 is 17.0 Å². The molecule has 0 saturated carbocycles. The second kappa shape index (κ2) is 5.81. The molecule has 0 spiro atoms. The van der Waals surface area contributed by atoms with E-state index in [0.29, 0.717) is 36.8 Å². The highest BCUT2D eigenvalue weighted by molar-refractivity contribution is 5.81. The number of benzene rings is 1. The van der Waals surface area contributed by atoms with Crippen molar-refractivity contribution in [3.63, 3.8) is 0 Å². The van der Waals surface area contributed by atoms with E-state index in [9.17, 15) is 4.39 Å². The first-order chi connectivity index (χ1) is 11.3. The monoisotopic (exact) mass is 315 g/mol. The second-order valence-electron chi connectivity index (χ2n) is 5.16. The Kier molecular flexibility index (Phi) is 3.51. The van der Waals surface area contributed by atoms with Crippen LogP contribution in [0.15, 0.2) is 24.8 Å². The number of rotatable bonds is 4. The van der Waals surface area contributed by atoms with Crippen LogP contribution < -0.4 is 10.1 Å². The Morgan fingerprint density at radius 2 is 2.22 bits per heavy atom. The zero-order valence-corrected chi connectivity index (χ0v) is 12.2. The Bertz CT molecular complexity index is 851. The molecule has 118 valence electrons. The number of fused-ring (bicyclic) bond motifs is 2. The van der Waals surface area contributed by atoms with Crippen LogP contribution in [-0.4, -0.2) is 33.3 Å². The van der Waals surface area contributed by atoms with E-state index in [2.05, 4.69) is 25.3 Å². The van der Waals surface area contributed by atoms with E-state index >= 15 is 0 Å². The van der Waals surface area contributed by atoms with E-state index in [-0.39, 0.29) is 12.6 Å². The molecule has 1 aliphatic rings. The lowest BCUT2D eigenvalue weighted by Gasteiger charge is -2.21. The van der Waals surface area contributed by atoms with Crippen LogP contribution in [0.25, 0.3) is 11.2 Å². The summed E-state index contributed by atoms with van der Waals surface area (Å²) in [4.78, 5) is 15.3. The molecule has 4 rings (SSSR count). The lowest BCUT2D eigenvalue weighted by molar-refractivity contribution is -0.0172. The molecule has 2 N–H and O–H groups in total. The predicted octanol–water partition coefficient (Wildman–Crippen LogP) is 2.01. The van der Waals surface area contributed by atoms with Crippen molar-refractivity contribution in [3.8, 4) is 5.75 Å². The molecule has 0 bridgehead atoms. The molecule has 0 atom stereocenters.